The largest absolute Gasteiger partial charge is 0.494 e. The van der Waals surface area contributed by atoms with Gasteiger partial charge in [-0.15, -0.1) is 0 Å². The number of benzene rings is 3. The van der Waals surface area contributed by atoms with E-state index in [-0.39, 0.29) is 12.1 Å². The maximum Gasteiger partial charge on any atom is 0.329 e. The maximum atomic E-state index is 13.4. The van der Waals surface area contributed by atoms with E-state index in [4.69, 9.17) is 4.74 Å². The second-order valence-electron chi connectivity index (χ2n) is 7.36. The van der Waals surface area contributed by atoms with Crippen molar-refractivity contribution in [2.75, 3.05) is 16.8 Å². The number of hydrogen-bond acceptors (Lipinski definition) is 4. The smallest absolute Gasteiger partial charge is 0.329 e. The Kier molecular flexibility index (Phi) is 6.35. The molecule has 7 nitrogen and oxygen atoms in total. The molecule has 0 radical (unpaired) electrons. The molecular formula is C24H21BrFN3O4. The van der Waals surface area contributed by atoms with Gasteiger partial charge >= 0.3 is 6.03 Å². The van der Waals surface area contributed by atoms with E-state index in [1.54, 1.807) is 42.5 Å². The number of fused-ring (bicyclic) bond motifs is 1. The topological polar surface area (TPSA) is 90.9 Å². The average molecular weight is 514 g/mol. The summed E-state index contributed by atoms with van der Waals surface area (Å²) in [4.78, 5) is 27.5. The Morgan fingerprint density at radius 1 is 1.15 bits per heavy atom. The van der Waals surface area contributed by atoms with Crippen molar-refractivity contribution in [2.24, 2.45) is 0 Å². The number of halogens is 2. The fraction of sp³-hybridized carbons (Fsp3) is 0.167. The zero-order valence-corrected chi connectivity index (χ0v) is 19.2. The molecule has 0 saturated heterocycles. The molecule has 3 amide bonds. The highest BCUT2D eigenvalue weighted by Crippen LogP contribution is 2.41. The minimum Gasteiger partial charge on any atom is -0.494 e. The van der Waals surface area contributed by atoms with E-state index in [1.807, 2.05) is 6.92 Å². The first kappa shape index (κ1) is 22.8. The van der Waals surface area contributed by atoms with Crippen LogP contribution in [0.3, 0.4) is 0 Å². The Morgan fingerprint density at radius 2 is 1.85 bits per heavy atom. The number of urea groups is 1. The summed E-state index contributed by atoms with van der Waals surface area (Å²) in [7, 11) is 0. The van der Waals surface area contributed by atoms with Crippen LogP contribution >= 0.6 is 15.9 Å². The molecule has 1 unspecified atom stereocenters. The summed E-state index contributed by atoms with van der Waals surface area (Å²) >= 11 is 3.37. The molecule has 4 rings (SSSR count). The molecule has 1 heterocycles. The number of anilines is 2. The van der Waals surface area contributed by atoms with Gasteiger partial charge in [0.2, 0.25) is 0 Å². The van der Waals surface area contributed by atoms with Gasteiger partial charge in [0.1, 0.15) is 11.6 Å². The zero-order valence-electron chi connectivity index (χ0n) is 17.6. The van der Waals surface area contributed by atoms with Gasteiger partial charge in [0.25, 0.3) is 11.6 Å². The molecule has 9 heteroatoms. The third-order valence-electron chi connectivity index (χ3n) is 5.21. The van der Waals surface area contributed by atoms with Crippen LogP contribution in [0.2, 0.25) is 0 Å². The van der Waals surface area contributed by atoms with Crippen molar-refractivity contribution >= 4 is 39.2 Å². The molecule has 0 spiro atoms. The van der Waals surface area contributed by atoms with Gasteiger partial charge in [-0.1, -0.05) is 28.1 Å². The molecule has 170 valence electrons. The van der Waals surface area contributed by atoms with Crippen molar-refractivity contribution in [3.63, 3.8) is 0 Å². The molecule has 0 saturated carbocycles. The average Bonchev–Trinajstić information content (AvgIpc) is 2.80. The monoisotopic (exact) mass is 513 g/mol. The predicted octanol–water partition coefficient (Wildman–Crippen LogP) is 4.50. The molecule has 0 aromatic heterocycles. The summed E-state index contributed by atoms with van der Waals surface area (Å²) < 4.78 is 19.3. The van der Waals surface area contributed by atoms with Gasteiger partial charge in [0, 0.05) is 22.3 Å². The Bertz CT molecular complexity index is 1190. The molecule has 3 aromatic carbocycles. The van der Waals surface area contributed by atoms with Crippen LogP contribution in [-0.4, -0.2) is 23.7 Å². The van der Waals surface area contributed by atoms with Gasteiger partial charge in [0.05, 0.1) is 12.3 Å². The summed E-state index contributed by atoms with van der Waals surface area (Å²) in [6.07, 6.45) is 0. The third kappa shape index (κ3) is 4.42. The van der Waals surface area contributed by atoms with Gasteiger partial charge in [-0.3, -0.25) is 9.69 Å². The minimum absolute atomic E-state index is 0.0312. The van der Waals surface area contributed by atoms with Crippen LogP contribution in [0.5, 0.6) is 5.75 Å². The maximum absolute atomic E-state index is 13.4. The van der Waals surface area contributed by atoms with Gasteiger partial charge in [-0.2, -0.15) is 0 Å². The third-order valence-corrected chi connectivity index (χ3v) is 5.71. The van der Waals surface area contributed by atoms with Gasteiger partial charge in [0.15, 0.2) is 0 Å². The predicted molar refractivity (Wildman–Crippen MR) is 125 cm³/mol. The van der Waals surface area contributed by atoms with Crippen LogP contribution < -0.4 is 20.3 Å². The summed E-state index contributed by atoms with van der Waals surface area (Å²) in [5, 5.41) is 17.2. The lowest BCUT2D eigenvalue weighted by molar-refractivity contribution is -0.140. The van der Waals surface area contributed by atoms with E-state index in [0.29, 0.717) is 33.8 Å². The quantitative estimate of drug-likeness (QED) is 0.452. The van der Waals surface area contributed by atoms with Crippen LogP contribution in [0.15, 0.2) is 71.2 Å². The van der Waals surface area contributed by atoms with Gasteiger partial charge < -0.3 is 20.5 Å². The number of rotatable bonds is 6. The van der Waals surface area contributed by atoms with Crippen LogP contribution in [0.25, 0.3) is 0 Å². The molecule has 3 aromatic rings. The second-order valence-corrected chi connectivity index (χ2v) is 8.28. The first-order valence-electron chi connectivity index (χ1n) is 10.2. The summed E-state index contributed by atoms with van der Waals surface area (Å²) in [5.41, 5.74) is -0.919. The Hall–Kier alpha value is -3.43. The van der Waals surface area contributed by atoms with E-state index >= 15 is 0 Å². The molecule has 0 bridgehead atoms. The SMILES string of the molecule is CCOc1ccc(N2C(=O)Nc3ccc(Br)cc3C2(O)C(=O)NCc2ccc(F)cc2)cc1. The molecule has 1 atom stereocenters. The molecule has 1 aliphatic heterocycles. The lowest BCUT2D eigenvalue weighted by Crippen LogP contribution is -2.62. The molecule has 1 aliphatic rings. The fourth-order valence-electron chi connectivity index (χ4n) is 3.65. The normalized spacial score (nSPS) is 17.2. The molecule has 33 heavy (non-hydrogen) atoms. The van der Waals surface area contributed by atoms with E-state index in [9.17, 15) is 19.1 Å². The number of hydrogen-bond donors (Lipinski definition) is 3. The van der Waals surface area contributed by atoms with E-state index in [0.717, 1.165) is 4.90 Å². The number of ether oxygens (including phenoxy) is 1. The minimum atomic E-state index is -2.35. The summed E-state index contributed by atoms with van der Waals surface area (Å²) in [5.74, 6) is -0.617. The molecule has 0 aliphatic carbocycles. The first-order chi connectivity index (χ1) is 15.8. The second kappa shape index (κ2) is 9.21. The lowest BCUT2D eigenvalue weighted by Gasteiger charge is -2.42. The molecular weight excluding hydrogens is 493 g/mol. The molecule has 3 N–H and O–H groups in total. The Balaban J connectivity index is 1.74. The molecule has 0 fully saturated rings. The highest BCUT2D eigenvalue weighted by Gasteiger charge is 2.52. The van der Waals surface area contributed by atoms with E-state index in [1.165, 1.54) is 24.3 Å². The van der Waals surface area contributed by atoms with Crippen LogP contribution in [0, 0.1) is 5.82 Å². The van der Waals surface area contributed by atoms with Crippen molar-refractivity contribution in [3.8, 4) is 5.75 Å². The highest BCUT2D eigenvalue weighted by molar-refractivity contribution is 9.10. The van der Waals surface area contributed by atoms with Gasteiger partial charge in [-0.05, 0) is 67.1 Å². The van der Waals surface area contributed by atoms with Gasteiger partial charge in [-0.25, -0.2) is 9.18 Å². The number of nitrogens with one attached hydrogen (secondary N) is 2. The Morgan fingerprint density at radius 3 is 2.52 bits per heavy atom. The van der Waals surface area contributed by atoms with Crippen LogP contribution in [0.1, 0.15) is 18.1 Å². The van der Waals surface area contributed by atoms with Crippen LogP contribution in [-0.2, 0) is 17.1 Å². The first-order valence-corrected chi connectivity index (χ1v) is 11.0. The lowest BCUT2D eigenvalue weighted by atomic mass is 9.94. The summed E-state index contributed by atoms with van der Waals surface area (Å²) in [6.45, 7) is 2.36. The number of nitrogens with zero attached hydrogens (tertiary/aromatic N) is 1. The van der Waals surface area contributed by atoms with E-state index in [2.05, 4.69) is 26.6 Å². The van der Waals surface area contributed by atoms with Crippen molar-refractivity contribution in [1.29, 1.82) is 0 Å². The summed E-state index contributed by atoms with van der Waals surface area (Å²) in [6, 6.07) is 16.3. The van der Waals surface area contributed by atoms with Crippen LogP contribution in [0.4, 0.5) is 20.6 Å². The zero-order chi connectivity index (χ0) is 23.6. The fourth-order valence-corrected chi connectivity index (χ4v) is 4.01. The van der Waals surface area contributed by atoms with E-state index < -0.39 is 23.5 Å². The van der Waals surface area contributed by atoms with Crippen molar-refractivity contribution in [2.45, 2.75) is 19.2 Å². The number of aliphatic hydroxyl groups is 1. The van der Waals surface area contributed by atoms with Crippen molar-refractivity contribution in [3.05, 3.63) is 88.1 Å². The number of carbonyl (C=O) groups is 2. The van der Waals surface area contributed by atoms with Crippen molar-refractivity contribution in [1.82, 2.24) is 5.32 Å². The Labute approximate surface area is 198 Å². The highest BCUT2D eigenvalue weighted by atomic mass is 79.9. The number of amides is 3. The van der Waals surface area contributed by atoms with Crippen molar-refractivity contribution < 1.29 is 23.8 Å². The number of carbonyl (C=O) groups excluding carboxylic acids is 2. The standard InChI is InChI=1S/C24H21BrFN3O4/c1-2-33-19-10-8-18(9-11-19)29-23(31)28-21-12-5-16(25)13-20(21)24(29,32)22(30)27-14-15-3-6-17(26)7-4-15/h3-13,32H,2,14H2,1H3,(H,27,30)(H,28,31).